The van der Waals surface area contributed by atoms with Crippen molar-refractivity contribution in [2.45, 2.75) is 37.8 Å². The Kier molecular flexibility index (Phi) is 4.18. The molecule has 7 nitrogen and oxygen atoms in total. The summed E-state index contributed by atoms with van der Waals surface area (Å²) in [7, 11) is 0. The number of carbonyl (C=O) groups is 3. The summed E-state index contributed by atoms with van der Waals surface area (Å²) in [6, 6.07) is 5.77. The van der Waals surface area contributed by atoms with Crippen molar-refractivity contribution < 1.29 is 19.5 Å². The molecule has 1 aliphatic carbocycles. The van der Waals surface area contributed by atoms with Gasteiger partial charge in [-0.15, -0.1) is 0 Å². The largest absolute Gasteiger partial charge is 0.480 e. The second-order valence-electron chi connectivity index (χ2n) is 5.95. The van der Waals surface area contributed by atoms with E-state index in [0.29, 0.717) is 30.6 Å². The summed E-state index contributed by atoms with van der Waals surface area (Å²) in [5, 5.41) is 14.7. The van der Waals surface area contributed by atoms with Gasteiger partial charge in [0.2, 0.25) is 0 Å². The number of rotatable bonds is 4. The van der Waals surface area contributed by atoms with Gasteiger partial charge in [-0.2, -0.15) is 0 Å². The summed E-state index contributed by atoms with van der Waals surface area (Å²) in [4.78, 5) is 36.9. The number of hydrogen-bond acceptors (Lipinski definition) is 3. The van der Waals surface area contributed by atoms with Gasteiger partial charge in [0, 0.05) is 23.8 Å². The van der Waals surface area contributed by atoms with Gasteiger partial charge >= 0.3 is 12.0 Å². The van der Waals surface area contributed by atoms with Gasteiger partial charge in [0.25, 0.3) is 5.91 Å². The number of nitrogens with one attached hydrogen (secondary N) is 2. The minimum atomic E-state index is -0.978. The van der Waals surface area contributed by atoms with Crippen molar-refractivity contribution >= 4 is 23.6 Å². The molecule has 0 spiro atoms. The summed E-state index contributed by atoms with van der Waals surface area (Å²) in [6.45, 7) is 0.440. The predicted octanol–water partition coefficient (Wildman–Crippen LogP) is 1.66. The maximum Gasteiger partial charge on any atom is 0.326 e. The number of nitrogens with zero attached hydrogens (tertiary/aromatic N) is 1. The lowest BCUT2D eigenvalue weighted by Gasteiger charge is -2.21. The maximum atomic E-state index is 12.5. The monoisotopic (exact) mass is 317 g/mol. The average Bonchev–Trinajstić information content (AvgIpc) is 3.17. The molecule has 1 heterocycles. The Balaban J connectivity index is 1.69. The van der Waals surface area contributed by atoms with Crippen molar-refractivity contribution in [3.05, 3.63) is 29.8 Å². The lowest BCUT2D eigenvalue weighted by Crippen LogP contribution is -2.40. The molecule has 1 aliphatic heterocycles. The van der Waals surface area contributed by atoms with Crippen LogP contribution in [0.2, 0.25) is 0 Å². The Labute approximate surface area is 133 Å². The third kappa shape index (κ3) is 3.61. The summed E-state index contributed by atoms with van der Waals surface area (Å²) >= 11 is 0. The third-order valence-electron chi connectivity index (χ3n) is 4.08. The Morgan fingerprint density at radius 3 is 2.65 bits per heavy atom. The molecule has 1 aromatic rings. The number of carboxylic acids is 1. The summed E-state index contributed by atoms with van der Waals surface area (Å²) in [6.07, 6.45) is 3.15. The average molecular weight is 317 g/mol. The molecule has 1 saturated carbocycles. The second kappa shape index (κ2) is 6.28. The molecule has 3 N–H and O–H groups in total. The van der Waals surface area contributed by atoms with Crippen LogP contribution in [0.25, 0.3) is 0 Å². The number of carbonyl (C=O) groups excluding carboxylic acids is 2. The molecule has 0 aromatic heterocycles. The van der Waals surface area contributed by atoms with Gasteiger partial charge in [-0.25, -0.2) is 9.59 Å². The molecule has 1 atom stereocenters. The molecular formula is C16H19N3O4. The number of likely N-dealkylation sites (tertiary alicyclic amines) is 1. The van der Waals surface area contributed by atoms with Crippen LogP contribution in [-0.4, -0.2) is 46.5 Å². The van der Waals surface area contributed by atoms with Crippen LogP contribution in [-0.2, 0) is 4.79 Å². The van der Waals surface area contributed by atoms with Crippen LogP contribution in [0, 0.1) is 0 Å². The highest BCUT2D eigenvalue weighted by molar-refractivity contribution is 5.99. The van der Waals surface area contributed by atoms with Crippen LogP contribution in [0.15, 0.2) is 24.3 Å². The van der Waals surface area contributed by atoms with Crippen LogP contribution < -0.4 is 10.6 Å². The molecule has 0 unspecified atom stereocenters. The van der Waals surface area contributed by atoms with Crippen molar-refractivity contribution in [2.75, 3.05) is 11.9 Å². The highest BCUT2D eigenvalue weighted by atomic mass is 16.4. The van der Waals surface area contributed by atoms with Crippen LogP contribution in [0.1, 0.15) is 36.0 Å². The second-order valence-corrected chi connectivity index (χ2v) is 5.95. The molecule has 1 aromatic carbocycles. The van der Waals surface area contributed by atoms with Crippen LogP contribution in [0.4, 0.5) is 10.5 Å². The molecule has 2 fully saturated rings. The van der Waals surface area contributed by atoms with E-state index in [2.05, 4.69) is 10.6 Å². The summed E-state index contributed by atoms with van der Waals surface area (Å²) in [5.41, 5.74) is 0.891. The first-order valence-corrected chi connectivity index (χ1v) is 7.76. The van der Waals surface area contributed by atoms with Gasteiger partial charge in [0.05, 0.1) is 0 Å². The number of amides is 3. The molecule has 23 heavy (non-hydrogen) atoms. The van der Waals surface area contributed by atoms with Gasteiger partial charge in [0.15, 0.2) is 0 Å². The Morgan fingerprint density at radius 2 is 1.96 bits per heavy atom. The topological polar surface area (TPSA) is 98.7 Å². The van der Waals surface area contributed by atoms with Crippen molar-refractivity contribution in [1.82, 2.24) is 10.2 Å². The molecule has 122 valence electrons. The quantitative estimate of drug-likeness (QED) is 0.786. The van der Waals surface area contributed by atoms with Gasteiger partial charge in [-0.3, -0.25) is 4.79 Å². The van der Waals surface area contributed by atoms with E-state index in [9.17, 15) is 19.5 Å². The van der Waals surface area contributed by atoms with E-state index in [4.69, 9.17) is 0 Å². The fourth-order valence-corrected chi connectivity index (χ4v) is 2.74. The number of anilines is 1. The molecule has 0 bridgehead atoms. The molecule has 2 aliphatic rings. The standard InChI is InChI=1S/C16H19N3O4/c20-14(19-8-2-5-13(19)15(21)22)10-3-1-4-12(9-10)18-16(23)17-11-6-7-11/h1,3-4,9,11,13H,2,5-8H2,(H,21,22)(H2,17,18,23)/t13-/m1/s1. The van der Waals surface area contributed by atoms with E-state index in [1.165, 1.54) is 4.90 Å². The first kappa shape index (κ1) is 15.3. The summed E-state index contributed by atoms with van der Waals surface area (Å²) in [5.74, 6) is -1.30. The van der Waals surface area contributed by atoms with E-state index in [1.54, 1.807) is 24.3 Å². The molecular weight excluding hydrogens is 298 g/mol. The van der Waals surface area contributed by atoms with Gasteiger partial charge < -0.3 is 20.6 Å². The van der Waals surface area contributed by atoms with E-state index >= 15 is 0 Å². The maximum absolute atomic E-state index is 12.5. The number of aliphatic carboxylic acids is 1. The Hall–Kier alpha value is -2.57. The minimum absolute atomic E-state index is 0.251. The van der Waals surface area contributed by atoms with Crippen molar-refractivity contribution in [3.8, 4) is 0 Å². The lowest BCUT2D eigenvalue weighted by molar-refractivity contribution is -0.141. The van der Waals surface area contributed by atoms with Crippen LogP contribution >= 0.6 is 0 Å². The Morgan fingerprint density at radius 1 is 1.17 bits per heavy atom. The fourth-order valence-electron chi connectivity index (χ4n) is 2.74. The van der Waals surface area contributed by atoms with E-state index in [0.717, 1.165) is 12.8 Å². The summed E-state index contributed by atoms with van der Waals surface area (Å²) < 4.78 is 0. The van der Waals surface area contributed by atoms with Gasteiger partial charge in [-0.1, -0.05) is 6.07 Å². The lowest BCUT2D eigenvalue weighted by atomic mass is 10.1. The van der Waals surface area contributed by atoms with Crippen LogP contribution in [0.5, 0.6) is 0 Å². The van der Waals surface area contributed by atoms with Crippen molar-refractivity contribution in [2.24, 2.45) is 0 Å². The third-order valence-corrected chi connectivity index (χ3v) is 4.08. The van der Waals surface area contributed by atoms with Gasteiger partial charge in [0.1, 0.15) is 6.04 Å². The van der Waals surface area contributed by atoms with E-state index in [-0.39, 0.29) is 18.0 Å². The molecule has 7 heteroatoms. The SMILES string of the molecule is O=C(Nc1cccc(C(=O)N2CCC[C@@H]2C(=O)O)c1)NC1CC1. The van der Waals surface area contributed by atoms with Gasteiger partial charge in [-0.05, 0) is 43.9 Å². The normalized spacial score (nSPS) is 20.2. The molecule has 3 amide bonds. The number of urea groups is 1. The smallest absolute Gasteiger partial charge is 0.326 e. The number of benzene rings is 1. The Bertz CT molecular complexity index is 642. The minimum Gasteiger partial charge on any atom is -0.480 e. The highest BCUT2D eigenvalue weighted by Crippen LogP contribution is 2.22. The van der Waals surface area contributed by atoms with Crippen LogP contribution in [0.3, 0.4) is 0 Å². The van der Waals surface area contributed by atoms with E-state index < -0.39 is 12.0 Å². The number of hydrogen-bond donors (Lipinski definition) is 3. The molecule has 3 rings (SSSR count). The van der Waals surface area contributed by atoms with E-state index in [1.807, 2.05) is 0 Å². The molecule has 0 radical (unpaired) electrons. The fraction of sp³-hybridized carbons (Fsp3) is 0.438. The highest BCUT2D eigenvalue weighted by Gasteiger charge is 2.34. The van der Waals surface area contributed by atoms with Crippen molar-refractivity contribution in [1.29, 1.82) is 0 Å². The first-order valence-electron chi connectivity index (χ1n) is 7.76. The zero-order chi connectivity index (χ0) is 16.4. The van der Waals surface area contributed by atoms with Crippen molar-refractivity contribution in [3.63, 3.8) is 0 Å². The number of carboxylic acid groups (broad SMARTS) is 1. The first-order chi connectivity index (χ1) is 11.0. The zero-order valence-electron chi connectivity index (χ0n) is 12.6. The zero-order valence-corrected chi connectivity index (χ0v) is 12.6. The molecule has 1 saturated heterocycles. The predicted molar refractivity (Wildman–Crippen MR) is 83.3 cm³/mol.